The number of hydrogen-bond donors (Lipinski definition) is 1. The summed E-state index contributed by atoms with van der Waals surface area (Å²) in [6.45, 7) is 5.43. The summed E-state index contributed by atoms with van der Waals surface area (Å²) in [6.07, 6.45) is 1.63. The number of amides is 2. The van der Waals surface area contributed by atoms with E-state index in [-0.39, 0.29) is 23.7 Å². The van der Waals surface area contributed by atoms with Gasteiger partial charge in [-0.25, -0.2) is 9.18 Å². The van der Waals surface area contributed by atoms with Crippen LogP contribution in [0.4, 0.5) is 15.8 Å². The van der Waals surface area contributed by atoms with Crippen LogP contribution in [0.15, 0.2) is 83.6 Å². The molecule has 0 atom stereocenters. The van der Waals surface area contributed by atoms with E-state index in [0.29, 0.717) is 28.4 Å². The number of carbonyl (C=O) groups excluding carboxylic acids is 3. The van der Waals surface area contributed by atoms with E-state index in [1.165, 1.54) is 36.3 Å². The molecule has 0 aromatic heterocycles. The Kier molecular flexibility index (Phi) is 7.71. The van der Waals surface area contributed by atoms with Gasteiger partial charge in [-0.3, -0.25) is 14.5 Å². The number of anilines is 2. The van der Waals surface area contributed by atoms with E-state index in [4.69, 9.17) is 9.47 Å². The number of nitrogens with zero attached hydrogens (tertiary/aromatic N) is 1. The highest BCUT2D eigenvalue weighted by atomic mass is 19.1. The molecule has 0 bridgehead atoms. The predicted octanol–water partition coefficient (Wildman–Crippen LogP) is 5.34. The predicted molar refractivity (Wildman–Crippen MR) is 143 cm³/mol. The fourth-order valence-corrected chi connectivity index (χ4v) is 4.06. The summed E-state index contributed by atoms with van der Waals surface area (Å²) in [7, 11) is 1.28. The zero-order valence-corrected chi connectivity index (χ0v) is 21.5. The standard InChI is InChI=1S/C30H27FN2O5/c1-18-5-12-24(15-19(18)2)33-20(3)28(30(36)37-4)26(29(33)35)16-21-6-13-25(14-7-21)38-17-27(34)32-23-10-8-22(31)9-11-23/h5-16H,17H2,1-4H3,(H,32,34)/b26-16-. The molecule has 38 heavy (non-hydrogen) atoms. The molecule has 0 spiro atoms. The normalized spacial score (nSPS) is 14.2. The van der Waals surface area contributed by atoms with Gasteiger partial charge in [-0.05, 0) is 92.1 Å². The Balaban J connectivity index is 1.51. The molecule has 3 aromatic rings. The quantitative estimate of drug-likeness (QED) is 0.340. The van der Waals surface area contributed by atoms with Crippen molar-refractivity contribution in [1.82, 2.24) is 0 Å². The minimum absolute atomic E-state index is 0.202. The molecule has 7 nitrogen and oxygen atoms in total. The van der Waals surface area contributed by atoms with Crippen LogP contribution in [0.2, 0.25) is 0 Å². The molecule has 4 rings (SSSR count). The van der Waals surface area contributed by atoms with Gasteiger partial charge in [0.25, 0.3) is 11.8 Å². The van der Waals surface area contributed by atoms with Gasteiger partial charge >= 0.3 is 5.97 Å². The number of carbonyl (C=O) groups is 3. The molecule has 1 N–H and O–H groups in total. The molecule has 3 aromatic carbocycles. The molecule has 0 unspecified atom stereocenters. The van der Waals surface area contributed by atoms with Crippen LogP contribution >= 0.6 is 0 Å². The van der Waals surface area contributed by atoms with Gasteiger partial charge in [-0.15, -0.1) is 0 Å². The first-order valence-corrected chi connectivity index (χ1v) is 11.9. The second-order valence-corrected chi connectivity index (χ2v) is 8.83. The second kappa shape index (κ2) is 11.1. The maximum atomic E-state index is 13.5. The topological polar surface area (TPSA) is 84.9 Å². The Morgan fingerprint density at radius 1 is 0.947 bits per heavy atom. The fourth-order valence-electron chi connectivity index (χ4n) is 4.06. The highest BCUT2D eigenvalue weighted by Crippen LogP contribution is 2.36. The molecule has 0 fully saturated rings. The lowest BCUT2D eigenvalue weighted by Gasteiger charge is -2.19. The van der Waals surface area contributed by atoms with Crippen LogP contribution in [-0.2, 0) is 19.1 Å². The Morgan fingerprint density at radius 3 is 2.26 bits per heavy atom. The van der Waals surface area contributed by atoms with Crippen molar-refractivity contribution in [3.8, 4) is 5.75 Å². The van der Waals surface area contributed by atoms with Crippen molar-refractivity contribution in [1.29, 1.82) is 0 Å². The minimum Gasteiger partial charge on any atom is -0.484 e. The molecule has 8 heteroatoms. The summed E-state index contributed by atoms with van der Waals surface area (Å²) in [6, 6.07) is 17.9. The van der Waals surface area contributed by atoms with E-state index >= 15 is 0 Å². The van der Waals surface area contributed by atoms with Crippen LogP contribution < -0.4 is 15.0 Å². The molecular weight excluding hydrogens is 487 g/mol. The maximum absolute atomic E-state index is 13.5. The van der Waals surface area contributed by atoms with Crippen molar-refractivity contribution in [2.24, 2.45) is 0 Å². The molecule has 0 radical (unpaired) electrons. The molecule has 1 heterocycles. The first-order chi connectivity index (χ1) is 18.2. The fraction of sp³-hybridized carbons (Fsp3) is 0.167. The number of esters is 1. The van der Waals surface area contributed by atoms with Gasteiger partial charge in [0.1, 0.15) is 11.6 Å². The van der Waals surface area contributed by atoms with Gasteiger partial charge in [0, 0.05) is 17.1 Å². The van der Waals surface area contributed by atoms with E-state index in [0.717, 1.165) is 11.1 Å². The monoisotopic (exact) mass is 514 g/mol. The summed E-state index contributed by atoms with van der Waals surface area (Å²) < 4.78 is 23.5. The van der Waals surface area contributed by atoms with Gasteiger partial charge in [0.05, 0.1) is 18.3 Å². The van der Waals surface area contributed by atoms with Gasteiger partial charge in [0.2, 0.25) is 0 Å². The smallest absolute Gasteiger partial charge is 0.340 e. The molecule has 0 saturated heterocycles. The number of hydrogen-bond acceptors (Lipinski definition) is 5. The van der Waals surface area contributed by atoms with Crippen LogP contribution in [0.1, 0.15) is 23.6 Å². The zero-order chi connectivity index (χ0) is 27.4. The third-order valence-electron chi connectivity index (χ3n) is 6.23. The van der Waals surface area contributed by atoms with Crippen LogP contribution in [0.5, 0.6) is 5.75 Å². The molecular formula is C30H27FN2O5. The molecule has 1 aliphatic heterocycles. The number of rotatable bonds is 7. The first-order valence-electron chi connectivity index (χ1n) is 11.9. The van der Waals surface area contributed by atoms with E-state index in [9.17, 15) is 18.8 Å². The van der Waals surface area contributed by atoms with Crippen LogP contribution in [0.3, 0.4) is 0 Å². The van der Waals surface area contributed by atoms with Crippen molar-refractivity contribution in [2.75, 3.05) is 23.9 Å². The highest BCUT2D eigenvalue weighted by molar-refractivity contribution is 6.23. The minimum atomic E-state index is -0.597. The lowest BCUT2D eigenvalue weighted by Crippen LogP contribution is -2.24. The Bertz CT molecular complexity index is 1460. The lowest BCUT2D eigenvalue weighted by molar-refractivity contribution is -0.136. The molecule has 0 saturated carbocycles. The molecule has 2 amide bonds. The van der Waals surface area contributed by atoms with E-state index in [2.05, 4.69) is 5.32 Å². The summed E-state index contributed by atoms with van der Waals surface area (Å²) >= 11 is 0. The Hall–Kier alpha value is -4.72. The summed E-state index contributed by atoms with van der Waals surface area (Å²) in [5, 5.41) is 2.62. The number of ether oxygens (including phenoxy) is 2. The van der Waals surface area contributed by atoms with Crippen molar-refractivity contribution >= 4 is 35.2 Å². The molecule has 194 valence electrons. The number of halogens is 1. The number of aryl methyl sites for hydroxylation is 2. The van der Waals surface area contributed by atoms with Gasteiger partial charge in [0.15, 0.2) is 6.61 Å². The SMILES string of the molecule is COC(=O)C1=C(C)N(c2ccc(C)c(C)c2)C(=O)/C1=C\c1ccc(OCC(=O)Nc2ccc(F)cc2)cc1. The summed E-state index contributed by atoms with van der Waals surface area (Å²) in [5.41, 5.74) is 4.83. The van der Waals surface area contributed by atoms with Gasteiger partial charge in [-0.2, -0.15) is 0 Å². The van der Waals surface area contributed by atoms with Crippen LogP contribution in [0.25, 0.3) is 6.08 Å². The van der Waals surface area contributed by atoms with Crippen molar-refractivity contribution < 1.29 is 28.2 Å². The van der Waals surface area contributed by atoms with Gasteiger partial charge < -0.3 is 14.8 Å². The molecule has 0 aliphatic carbocycles. The molecule has 1 aliphatic rings. The first kappa shape index (κ1) is 26.3. The second-order valence-electron chi connectivity index (χ2n) is 8.83. The number of benzene rings is 3. The van der Waals surface area contributed by atoms with Crippen molar-refractivity contribution in [3.05, 3.63) is 106 Å². The van der Waals surface area contributed by atoms with Crippen LogP contribution in [-0.4, -0.2) is 31.5 Å². The number of nitrogens with one attached hydrogen (secondary N) is 1. The van der Waals surface area contributed by atoms with Crippen molar-refractivity contribution in [2.45, 2.75) is 20.8 Å². The largest absolute Gasteiger partial charge is 0.484 e. The number of allylic oxidation sites excluding steroid dienone is 1. The van der Waals surface area contributed by atoms with Gasteiger partial charge in [-0.1, -0.05) is 18.2 Å². The zero-order valence-electron chi connectivity index (χ0n) is 21.5. The maximum Gasteiger partial charge on any atom is 0.340 e. The van der Waals surface area contributed by atoms with E-state index < -0.39 is 17.7 Å². The number of methoxy groups -OCH3 is 1. The van der Waals surface area contributed by atoms with E-state index in [1.807, 2.05) is 32.0 Å². The van der Waals surface area contributed by atoms with Crippen LogP contribution in [0, 0.1) is 19.7 Å². The Morgan fingerprint density at radius 2 is 1.63 bits per heavy atom. The summed E-state index contributed by atoms with van der Waals surface area (Å²) in [5.74, 6) is -1.27. The van der Waals surface area contributed by atoms with E-state index in [1.54, 1.807) is 37.3 Å². The third kappa shape index (κ3) is 5.64. The lowest BCUT2D eigenvalue weighted by atomic mass is 10.0. The summed E-state index contributed by atoms with van der Waals surface area (Å²) in [4.78, 5) is 39.8. The highest BCUT2D eigenvalue weighted by Gasteiger charge is 2.38. The third-order valence-corrected chi connectivity index (χ3v) is 6.23. The average molecular weight is 515 g/mol. The Labute approximate surface area is 220 Å². The average Bonchev–Trinajstić information content (AvgIpc) is 3.15. The van der Waals surface area contributed by atoms with Crippen molar-refractivity contribution in [3.63, 3.8) is 0 Å².